The molecule has 172 valence electrons. The Hall–Kier alpha value is -2.33. The first kappa shape index (κ1) is 23.3. The Kier molecular flexibility index (Phi) is 8.14. The van der Waals surface area contributed by atoms with E-state index in [2.05, 4.69) is 5.32 Å². The van der Waals surface area contributed by atoms with Crippen LogP contribution in [0.2, 0.25) is 0 Å². The first-order valence-corrected chi connectivity index (χ1v) is 12.2. The van der Waals surface area contributed by atoms with Gasteiger partial charge in [0.25, 0.3) is 5.91 Å². The molecular formula is C21H30N2O7S. The third kappa shape index (κ3) is 6.10. The highest BCUT2D eigenvalue weighted by Crippen LogP contribution is 2.33. The Labute approximate surface area is 183 Å². The number of carbonyl (C=O) groups excluding carboxylic acids is 2. The van der Waals surface area contributed by atoms with Crippen LogP contribution in [-0.4, -0.2) is 64.1 Å². The third-order valence-electron chi connectivity index (χ3n) is 5.34. The molecule has 2 aliphatic heterocycles. The molecule has 9 nitrogen and oxygen atoms in total. The third-order valence-corrected chi connectivity index (χ3v) is 7.24. The molecule has 1 saturated heterocycles. The number of sulfonamides is 1. The molecule has 1 aromatic rings. The van der Waals surface area contributed by atoms with Crippen molar-refractivity contribution in [1.82, 2.24) is 9.62 Å². The van der Waals surface area contributed by atoms with E-state index >= 15 is 0 Å². The van der Waals surface area contributed by atoms with Crippen molar-refractivity contribution in [3.05, 3.63) is 18.2 Å². The Morgan fingerprint density at radius 3 is 2.58 bits per heavy atom. The SMILES string of the molecule is CCCCNC(=O)COC(=O)C1CCN(S(=O)(=O)c2ccc3c(c2)OCCCO3)CC1. The van der Waals surface area contributed by atoms with Gasteiger partial charge >= 0.3 is 5.97 Å². The number of unbranched alkanes of at least 4 members (excludes halogenated alkanes) is 1. The van der Waals surface area contributed by atoms with Gasteiger partial charge in [0, 0.05) is 32.1 Å². The number of amides is 1. The molecule has 1 amide bonds. The monoisotopic (exact) mass is 454 g/mol. The summed E-state index contributed by atoms with van der Waals surface area (Å²) in [6, 6.07) is 4.62. The van der Waals surface area contributed by atoms with E-state index in [9.17, 15) is 18.0 Å². The standard InChI is InChI=1S/C21H30N2O7S/c1-2-3-9-22-20(24)15-30-21(25)16-7-10-23(11-8-16)31(26,27)17-5-6-18-19(14-17)29-13-4-12-28-18/h5-6,14,16H,2-4,7-13,15H2,1H3,(H,22,24). The Morgan fingerprint density at radius 1 is 1.16 bits per heavy atom. The van der Waals surface area contributed by atoms with Crippen molar-refractivity contribution in [2.75, 3.05) is 39.5 Å². The van der Waals surface area contributed by atoms with Crippen LogP contribution in [0.25, 0.3) is 0 Å². The van der Waals surface area contributed by atoms with E-state index in [1.54, 1.807) is 6.07 Å². The summed E-state index contributed by atoms with van der Waals surface area (Å²) in [6.07, 6.45) is 3.27. The summed E-state index contributed by atoms with van der Waals surface area (Å²) >= 11 is 0. The number of ether oxygens (including phenoxy) is 3. The van der Waals surface area contributed by atoms with Gasteiger partial charge in [0.1, 0.15) is 0 Å². The van der Waals surface area contributed by atoms with Gasteiger partial charge in [0.2, 0.25) is 10.0 Å². The number of piperidine rings is 1. The fraction of sp³-hybridized carbons (Fsp3) is 0.619. The summed E-state index contributed by atoms with van der Waals surface area (Å²) in [5.74, 6) is -0.237. The predicted molar refractivity (Wildman–Crippen MR) is 112 cm³/mol. The van der Waals surface area contributed by atoms with Gasteiger partial charge in [-0.1, -0.05) is 13.3 Å². The molecule has 1 aromatic carbocycles. The van der Waals surface area contributed by atoms with Crippen molar-refractivity contribution in [2.24, 2.45) is 5.92 Å². The molecule has 31 heavy (non-hydrogen) atoms. The van der Waals surface area contributed by atoms with Crippen molar-refractivity contribution in [3.63, 3.8) is 0 Å². The summed E-state index contributed by atoms with van der Waals surface area (Å²) in [4.78, 5) is 24.1. The van der Waals surface area contributed by atoms with E-state index in [1.165, 1.54) is 16.4 Å². The van der Waals surface area contributed by atoms with Crippen molar-refractivity contribution in [3.8, 4) is 11.5 Å². The Balaban J connectivity index is 1.52. The lowest BCUT2D eigenvalue weighted by atomic mass is 9.98. The highest BCUT2D eigenvalue weighted by molar-refractivity contribution is 7.89. The molecule has 1 fully saturated rings. The minimum atomic E-state index is -3.71. The van der Waals surface area contributed by atoms with Crippen LogP contribution >= 0.6 is 0 Å². The second-order valence-electron chi connectivity index (χ2n) is 7.65. The molecule has 2 aliphatic rings. The maximum absolute atomic E-state index is 13.0. The highest BCUT2D eigenvalue weighted by Gasteiger charge is 2.33. The molecular weight excluding hydrogens is 424 g/mol. The van der Waals surface area contributed by atoms with Gasteiger partial charge in [-0.2, -0.15) is 4.31 Å². The van der Waals surface area contributed by atoms with Crippen LogP contribution in [0.5, 0.6) is 11.5 Å². The van der Waals surface area contributed by atoms with Crippen LogP contribution in [0.15, 0.2) is 23.1 Å². The van der Waals surface area contributed by atoms with Crippen molar-refractivity contribution in [1.29, 1.82) is 0 Å². The number of benzene rings is 1. The molecule has 0 saturated carbocycles. The van der Waals surface area contributed by atoms with Gasteiger partial charge in [0.05, 0.1) is 24.0 Å². The normalized spacial score (nSPS) is 17.6. The summed E-state index contributed by atoms with van der Waals surface area (Å²) in [7, 11) is -3.71. The molecule has 0 bridgehead atoms. The van der Waals surface area contributed by atoms with Crippen LogP contribution < -0.4 is 14.8 Å². The number of hydrogen-bond acceptors (Lipinski definition) is 7. The number of esters is 1. The quantitative estimate of drug-likeness (QED) is 0.470. The zero-order valence-corrected chi connectivity index (χ0v) is 18.6. The second-order valence-corrected chi connectivity index (χ2v) is 9.59. The zero-order valence-electron chi connectivity index (χ0n) is 17.8. The lowest BCUT2D eigenvalue weighted by Gasteiger charge is -2.30. The van der Waals surface area contributed by atoms with Gasteiger partial charge < -0.3 is 19.5 Å². The highest BCUT2D eigenvalue weighted by atomic mass is 32.2. The minimum absolute atomic E-state index is 0.140. The fourth-order valence-corrected chi connectivity index (χ4v) is 4.98. The summed E-state index contributed by atoms with van der Waals surface area (Å²) < 4.78 is 43.7. The molecule has 3 rings (SSSR count). The second kappa shape index (κ2) is 10.8. The van der Waals surface area contributed by atoms with Crippen LogP contribution in [-0.2, 0) is 24.3 Å². The van der Waals surface area contributed by atoms with Gasteiger partial charge in [-0.05, 0) is 31.4 Å². The molecule has 10 heteroatoms. The number of fused-ring (bicyclic) bond motifs is 1. The zero-order chi connectivity index (χ0) is 22.3. The number of nitrogens with one attached hydrogen (secondary N) is 1. The molecule has 2 heterocycles. The lowest BCUT2D eigenvalue weighted by molar-refractivity contribution is -0.153. The van der Waals surface area contributed by atoms with E-state index in [4.69, 9.17) is 14.2 Å². The van der Waals surface area contributed by atoms with E-state index in [1.807, 2.05) is 6.92 Å². The maximum Gasteiger partial charge on any atom is 0.309 e. The molecule has 0 radical (unpaired) electrons. The first-order valence-electron chi connectivity index (χ1n) is 10.7. The van der Waals surface area contributed by atoms with Crippen LogP contribution in [0.3, 0.4) is 0 Å². The lowest BCUT2D eigenvalue weighted by Crippen LogP contribution is -2.41. The Morgan fingerprint density at radius 2 is 1.87 bits per heavy atom. The summed E-state index contributed by atoms with van der Waals surface area (Å²) in [6.45, 7) is 3.69. The molecule has 0 atom stereocenters. The molecule has 0 aliphatic carbocycles. The molecule has 0 aromatic heterocycles. The van der Waals surface area contributed by atoms with E-state index in [0.29, 0.717) is 44.1 Å². The van der Waals surface area contributed by atoms with Crippen molar-refractivity contribution < 1.29 is 32.2 Å². The van der Waals surface area contributed by atoms with Gasteiger partial charge in [-0.15, -0.1) is 0 Å². The summed E-state index contributed by atoms with van der Waals surface area (Å²) in [5.41, 5.74) is 0. The number of nitrogens with zero attached hydrogens (tertiary/aromatic N) is 1. The average Bonchev–Trinajstić information content (AvgIpc) is 3.02. The van der Waals surface area contributed by atoms with E-state index < -0.39 is 21.9 Å². The van der Waals surface area contributed by atoms with Gasteiger partial charge in [-0.25, -0.2) is 8.42 Å². The molecule has 1 N–H and O–H groups in total. The van der Waals surface area contributed by atoms with Gasteiger partial charge in [-0.3, -0.25) is 9.59 Å². The van der Waals surface area contributed by atoms with E-state index in [-0.39, 0.29) is 30.5 Å². The number of hydrogen-bond donors (Lipinski definition) is 1. The summed E-state index contributed by atoms with van der Waals surface area (Å²) in [5, 5.41) is 2.69. The number of rotatable bonds is 8. The maximum atomic E-state index is 13.0. The fourth-order valence-electron chi connectivity index (χ4n) is 3.50. The molecule has 0 unspecified atom stereocenters. The van der Waals surface area contributed by atoms with Crippen LogP contribution in [0.1, 0.15) is 39.0 Å². The van der Waals surface area contributed by atoms with Crippen LogP contribution in [0.4, 0.5) is 0 Å². The first-order chi connectivity index (χ1) is 14.9. The smallest absolute Gasteiger partial charge is 0.309 e. The molecule has 0 spiro atoms. The van der Waals surface area contributed by atoms with Crippen molar-refractivity contribution >= 4 is 21.9 Å². The largest absolute Gasteiger partial charge is 0.490 e. The van der Waals surface area contributed by atoms with Gasteiger partial charge in [0.15, 0.2) is 18.1 Å². The topological polar surface area (TPSA) is 111 Å². The number of carbonyl (C=O) groups is 2. The minimum Gasteiger partial charge on any atom is -0.490 e. The van der Waals surface area contributed by atoms with Crippen molar-refractivity contribution in [2.45, 2.75) is 43.9 Å². The Bertz CT molecular complexity index is 880. The van der Waals surface area contributed by atoms with E-state index in [0.717, 1.165) is 19.3 Å². The average molecular weight is 455 g/mol. The predicted octanol–water partition coefficient (Wildman–Crippen LogP) is 1.71. The van der Waals surface area contributed by atoms with Crippen LogP contribution in [0, 0.1) is 5.92 Å².